The molecule has 1 heterocycles. The monoisotopic (exact) mass is 247 g/mol. The van der Waals surface area contributed by atoms with Gasteiger partial charge in [-0.1, -0.05) is 18.2 Å². The highest BCUT2D eigenvalue weighted by atomic mass is 32.1. The Labute approximate surface area is 104 Å². The molecule has 1 aromatic heterocycles. The predicted octanol–water partition coefficient (Wildman–Crippen LogP) is 3.00. The van der Waals surface area contributed by atoms with E-state index < -0.39 is 0 Å². The van der Waals surface area contributed by atoms with Crippen LogP contribution in [0.2, 0.25) is 0 Å². The van der Waals surface area contributed by atoms with Gasteiger partial charge in [0.25, 0.3) is 0 Å². The van der Waals surface area contributed by atoms with Crippen LogP contribution in [0.25, 0.3) is 0 Å². The van der Waals surface area contributed by atoms with Gasteiger partial charge in [0.2, 0.25) is 0 Å². The van der Waals surface area contributed by atoms with E-state index >= 15 is 0 Å². The van der Waals surface area contributed by atoms with Crippen molar-refractivity contribution < 1.29 is 9.53 Å². The number of thiophene rings is 1. The van der Waals surface area contributed by atoms with Crippen molar-refractivity contribution in [3.63, 3.8) is 0 Å². The quantitative estimate of drug-likeness (QED) is 0.670. The molecule has 0 radical (unpaired) electrons. The molecular weight excluding hydrogens is 234 g/mol. The first-order chi connectivity index (χ1) is 8.18. The van der Waals surface area contributed by atoms with Gasteiger partial charge in [-0.15, -0.1) is 11.3 Å². The molecule has 0 spiro atoms. The fourth-order valence-corrected chi connectivity index (χ4v) is 2.19. The first-order valence-corrected chi connectivity index (χ1v) is 6.11. The minimum atomic E-state index is -0.367. The minimum Gasteiger partial charge on any atom is -0.456 e. The van der Waals surface area contributed by atoms with Crippen LogP contribution in [0.4, 0.5) is 5.69 Å². The molecule has 2 N–H and O–H groups in total. The van der Waals surface area contributed by atoms with E-state index in [2.05, 4.69) is 0 Å². The molecule has 0 bridgehead atoms. The number of nitrogen functional groups attached to an aromatic ring is 1. The maximum atomic E-state index is 11.9. The van der Waals surface area contributed by atoms with E-state index in [1.54, 1.807) is 17.4 Å². The first kappa shape index (κ1) is 11.7. The normalized spacial score (nSPS) is 10.2. The maximum absolute atomic E-state index is 11.9. The molecule has 0 amide bonds. The molecule has 0 saturated carbocycles. The summed E-state index contributed by atoms with van der Waals surface area (Å²) in [6, 6.07) is 9.22. The number of esters is 1. The minimum absolute atomic E-state index is 0.296. The number of benzene rings is 1. The van der Waals surface area contributed by atoms with E-state index in [0.717, 1.165) is 10.4 Å². The van der Waals surface area contributed by atoms with Gasteiger partial charge in [0.05, 0.1) is 5.56 Å². The summed E-state index contributed by atoms with van der Waals surface area (Å²) in [5.41, 5.74) is 7.53. The van der Waals surface area contributed by atoms with Crippen LogP contribution in [0.1, 0.15) is 20.8 Å². The van der Waals surface area contributed by atoms with Gasteiger partial charge in [-0.2, -0.15) is 0 Å². The van der Waals surface area contributed by atoms with E-state index in [-0.39, 0.29) is 5.97 Å². The third kappa shape index (κ3) is 2.65. The highest BCUT2D eigenvalue weighted by Crippen LogP contribution is 2.18. The Bertz CT molecular complexity index is 500. The SMILES string of the molecule is Cc1cccc(N)c1C(=O)OCc1cccs1. The molecule has 0 aliphatic rings. The molecule has 0 aliphatic heterocycles. The Morgan fingerprint density at radius 2 is 2.18 bits per heavy atom. The third-order valence-electron chi connectivity index (χ3n) is 2.43. The summed E-state index contributed by atoms with van der Waals surface area (Å²) < 4.78 is 5.23. The molecule has 88 valence electrons. The number of hydrogen-bond acceptors (Lipinski definition) is 4. The number of carbonyl (C=O) groups is 1. The Balaban J connectivity index is 2.10. The lowest BCUT2D eigenvalue weighted by atomic mass is 10.1. The Hall–Kier alpha value is -1.81. The topological polar surface area (TPSA) is 52.3 Å². The molecule has 17 heavy (non-hydrogen) atoms. The Morgan fingerprint density at radius 3 is 2.82 bits per heavy atom. The number of ether oxygens (including phenoxy) is 1. The second kappa shape index (κ2) is 5.01. The summed E-state index contributed by atoms with van der Waals surface area (Å²) in [5, 5.41) is 1.95. The summed E-state index contributed by atoms with van der Waals surface area (Å²) >= 11 is 1.56. The fraction of sp³-hybridized carbons (Fsp3) is 0.154. The number of anilines is 1. The summed E-state index contributed by atoms with van der Waals surface area (Å²) in [7, 11) is 0. The van der Waals surface area contributed by atoms with Crippen molar-refractivity contribution in [3.8, 4) is 0 Å². The summed E-state index contributed by atoms with van der Waals surface area (Å²) in [4.78, 5) is 12.9. The molecule has 2 rings (SSSR count). The van der Waals surface area contributed by atoms with Gasteiger partial charge in [-0.3, -0.25) is 0 Å². The van der Waals surface area contributed by atoms with E-state index in [9.17, 15) is 4.79 Å². The summed E-state index contributed by atoms with van der Waals surface area (Å²) in [6.07, 6.45) is 0. The van der Waals surface area contributed by atoms with E-state index in [4.69, 9.17) is 10.5 Å². The van der Waals surface area contributed by atoms with E-state index in [1.807, 2.05) is 36.6 Å². The molecule has 0 aliphatic carbocycles. The maximum Gasteiger partial charge on any atom is 0.340 e. The van der Waals surface area contributed by atoms with Crippen LogP contribution < -0.4 is 5.73 Å². The van der Waals surface area contributed by atoms with Gasteiger partial charge < -0.3 is 10.5 Å². The average molecular weight is 247 g/mol. The van der Waals surface area contributed by atoms with Crippen molar-refractivity contribution in [1.29, 1.82) is 0 Å². The van der Waals surface area contributed by atoms with Crippen molar-refractivity contribution >= 4 is 23.0 Å². The van der Waals surface area contributed by atoms with Crippen LogP contribution in [-0.2, 0) is 11.3 Å². The number of carbonyl (C=O) groups excluding carboxylic acids is 1. The molecule has 0 unspecified atom stereocenters. The molecule has 1 aromatic carbocycles. The van der Waals surface area contributed by atoms with Gasteiger partial charge >= 0.3 is 5.97 Å². The van der Waals surface area contributed by atoms with Crippen molar-refractivity contribution in [2.75, 3.05) is 5.73 Å². The van der Waals surface area contributed by atoms with E-state index in [1.165, 1.54) is 0 Å². The van der Waals surface area contributed by atoms with Crippen LogP contribution in [0.3, 0.4) is 0 Å². The van der Waals surface area contributed by atoms with Gasteiger partial charge in [-0.05, 0) is 30.0 Å². The van der Waals surface area contributed by atoms with Crippen LogP contribution in [-0.4, -0.2) is 5.97 Å². The molecule has 2 aromatic rings. The zero-order valence-electron chi connectivity index (χ0n) is 9.47. The lowest BCUT2D eigenvalue weighted by Gasteiger charge is -2.08. The van der Waals surface area contributed by atoms with Crippen LogP contribution in [0.5, 0.6) is 0 Å². The van der Waals surface area contributed by atoms with Crippen molar-refractivity contribution in [3.05, 3.63) is 51.7 Å². The zero-order valence-corrected chi connectivity index (χ0v) is 10.3. The number of hydrogen-bond donors (Lipinski definition) is 1. The fourth-order valence-electron chi connectivity index (χ4n) is 1.57. The smallest absolute Gasteiger partial charge is 0.340 e. The third-order valence-corrected chi connectivity index (χ3v) is 3.28. The summed E-state index contributed by atoms with van der Waals surface area (Å²) in [6.45, 7) is 2.14. The molecule has 4 heteroatoms. The Kier molecular flexibility index (Phi) is 3.44. The first-order valence-electron chi connectivity index (χ1n) is 5.23. The number of rotatable bonds is 3. The van der Waals surface area contributed by atoms with Crippen molar-refractivity contribution in [2.45, 2.75) is 13.5 Å². The van der Waals surface area contributed by atoms with Crippen LogP contribution in [0.15, 0.2) is 35.7 Å². The number of aryl methyl sites for hydroxylation is 1. The molecule has 0 saturated heterocycles. The average Bonchev–Trinajstić information content (AvgIpc) is 2.79. The van der Waals surface area contributed by atoms with Crippen LogP contribution >= 0.6 is 11.3 Å². The lowest BCUT2D eigenvalue weighted by Crippen LogP contribution is -2.09. The predicted molar refractivity (Wildman–Crippen MR) is 69.0 cm³/mol. The largest absolute Gasteiger partial charge is 0.456 e. The van der Waals surface area contributed by atoms with Gasteiger partial charge in [0.1, 0.15) is 6.61 Å². The van der Waals surface area contributed by atoms with Crippen molar-refractivity contribution in [1.82, 2.24) is 0 Å². The van der Waals surface area contributed by atoms with E-state index in [0.29, 0.717) is 17.9 Å². The highest BCUT2D eigenvalue weighted by Gasteiger charge is 2.14. The summed E-state index contributed by atoms with van der Waals surface area (Å²) in [5.74, 6) is -0.367. The lowest BCUT2D eigenvalue weighted by molar-refractivity contribution is 0.0477. The second-order valence-corrected chi connectivity index (χ2v) is 4.73. The second-order valence-electron chi connectivity index (χ2n) is 3.69. The van der Waals surface area contributed by atoms with Crippen LogP contribution in [0, 0.1) is 6.92 Å². The molecular formula is C13H13NO2S. The highest BCUT2D eigenvalue weighted by molar-refractivity contribution is 7.09. The molecule has 0 atom stereocenters. The van der Waals surface area contributed by atoms with Gasteiger partial charge in [-0.25, -0.2) is 4.79 Å². The van der Waals surface area contributed by atoms with Crippen molar-refractivity contribution in [2.24, 2.45) is 0 Å². The number of nitrogens with two attached hydrogens (primary N) is 1. The molecule has 3 nitrogen and oxygen atoms in total. The van der Waals surface area contributed by atoms with Gasteiger partial charge in [0, 0.05) is 10.6 Å². The van der Waals surface area contributed by atoms with Gasteiger partial charge in [0.15, 0.2) is 0 Å². The standard InChI is InChI=1S/C13H13NO2S/c1-9-4-2-6-11(14)12(9)13(15)16-8-10-5-3-7-17-10/h2-7H,8,14H2,1H3. The molecule has 0 fully saturated rings. The zero-order chi connectivity index (χ0) is 12.3. The Morgan fingerprint density at radius 1 is 1.35 bits per heavy atom.